The molecular formula is C32H45ClN2O5. The van der Waals surface area contributed by atoms with Gasteiger partial charge >= 0.3 is 0 Å². The Morgan fingerprint density at radius 2 is 1.70 bits per heavy atom. The average molecular weight is 573 g/mol. The molecule has 220 valence electrons. The topological polar surface area (TPSA) is 77.1 Å². The number of amides is 2. The van der Waals surface area contributed by atoms with Gasteiger partial charge in [0.15, 0.2) is 11.5 Å². The summed E-state index contributed by atoms with van der Waals surface area (Å²) in [6.07, 6.45) is 10.4. The van der Waals surface area contributed by atoms with E-state index in [1.165, 1.54) is 19.3 Å². The van der Waals surface area contributed by atoms with Crippen LogP contribution in [0.3, 0.4) is 0 Å². The maximum Gasteiger partial charge on any atom is 0.247 e. The first-order valence-corrected chi connectivity index (χ1v) is 15.1. The van der Waals surface area contributed by atoms with E-state index >= 15 is 0 Å². The molecule has 1 aliphatic carbocycles. The largest absolute Gasteiger partial charge is 0.494 e. The molecule has 1 unspecified atom stereocenters. The molecule has 0 saturated heterocycles. The summed E-state index contributed by atoms with van der Waals surface area (Å²) in [5.74, 6) is 1.34. The van der Waals surface area contributed by atoms with Crippen molar-refractivity contribution in [3.05, 3.63) is 53.6 Å². The number of methoxy groups -OCH3 is 2. The van der Waals surface area contributed by atoms with Gasteiger partial charge in [0.05, 0.1) is 20.8 Å². The zero-order chi connectivity index (χ0) is 28.7. The molecular weight excluding hydrogens is 528 g/mol. The summed E-state index contributed by atoms with van der Waals surface area (Å²) in [6.45, 7) is 3.17. The number of nitrogens with zero attached hydrogens (tertiary/aromatic N) is 1. The van der Waals surface area contributed by atoms with E-state index in [-0.39, 0.29) is 23.7 Å². The van der Waals surface area contributed by atoms with Crippen molar-refractivity contribution in [3.63, 3.8) is 0 Å². The maximum absolute atomic E-state index is 13.8. The molecule has 0 aromatic heterocycles. The van der Waals surface area contributed by atoms with Crippen LogP contribution < -0.4 is 19.5 Å². The molecule has 1 fully saturated rings. The van der Waals surface area contributed by atoms with Crippen LogP contribution in [0.5, 0.6) is 17.2 Å². The Morgan fingerprint density at radius 1 is 0.975 bits per heavy atom. The third-order valence-corrected chi connectivity index (χ3v) is 7.73. The fourth-order valence-electron chi connectivity index (χ4n) is 5.23. The predicted molar refractivity (Wildman–Crippen MR) is 160 cm³/mol. The number of ether oxygens (including phenoxy) is 3. The lowest BCUT2D eigenvalue weighted by Crippen LogP contribution is -2.48. The molecule has 0 aliphatic heterocycles. The minimum atomic E-state index is -0.799. The Bertz CT molecular complexity index is 1060. The van der Waals surface area contributed by atoms with Crippen molar-refractivity contribution in [2.75, 3.05) is 33.3 Å². The van der Waals surface area contributed by atoms with E-state index in [1.807, 2.05) is 42.5 Å². The normalized spacial score (nSPS) is 14.3. The quantitative estimate of drug-likeness (QED) is 0.184. The molecule has 3 rings (SSSR count). The number of carbonyl (C=O) groups is 2. The molecule has 2 aromatic rings. The summed E-state index contributed by atoms with van der Waals surface area (Å²) in [5, 5.41) is 3.23. The van der Waals surface area contributed by atoms with Gasteiger partial charge in [0.2, 0.25) is 11.8 Å². The Balaban J connectivity index is 1.82. The van der Waals surface area contributed by atoms with E-state index in [0.717, 1.165) is 55.4 Å². The number of nitrogens with one attached hydrogen (secondary N) is 1. The first kappa shape index (κ1) is 31.6. The van der Waals surface area contributed by atoms with Crippen LogP contribution >= 0.6 is 11.6 Å². The van der Waals surface area contributed by atoms with Crippen LogP contribution in [0.15, 0.2) is 42.5 Å². The van der Waals surface area contributed by atoms with Gasteiger partial charge in [0.25, 0.3) is 0 Å². The highest BCUT2D eigenvalue weighted by Gasteiger charge is 2.32. The molecule has 0 heterocycles. The highest BCUT2D eigenvalue weighted by Crippen LogP contribution is 2.30. The molecule has 1 aliphatic rings. The molecule has 0 bridgehead atoms. The van der Waals surface area contributed by atoms with Crippen molar-refractivity contribution in [3.8, 4) is 17.2 Å². The van der Waals surface area contributed by atoms with Crippen LogP contribution in [0.2, 0.25) is 0 Å². The molecule has 40 heavy (non-hydrogen) atoms. The van der Waals surface area contributed by atoms with Crippen molar-refractivity contribution in [2.24, 2.45) is 0 Å². The number of carbonyl (C=O) groups excluding carboxylic acids is 2. The van der Waals surface area contributed by atoms with Gasteiger partial charge in [0, 0.05) is 12.6 Å². The minimum absolute atomic E-state index is 0.119. The van der Waals surface area contributed by atoms with Crippen LogP contribution in [-0.2, 0) is 16.0 Å². The second-order valence-corrected chi connectivity index (χ2v) is 10.7. The van der Waals surface area contributed by atoms with Crippen LogP contribution in [0.25, 0.3) is 0 Å². The second kappa shape index (κ2) is 17.0. The number of rotatable bonds is 16. The molecule has 2 amide bonds. The van der Waals surface area contributed by atoms with E-state index in [2.05, 4.69) is 12.2 Å². The molecule has 8 heteroatoms. The highest BCUT2D eigenvalue weighted by molar-refractivity contribution is 6.27. The monoisotopic (exact) mass is 572 g/mol. The Kier molecular flexibility index (Phi) is 13.4. The smallest absolute Gasteiger partial charge is 0.247 e. The lowest BCUT2D eigenvalue weighted by molar-refractivity contribution is -0.139. The summed E-state index contributed by atoms with van der Waals surface area (Å²) >= 11 is 6.08. The Hall–Kier alpha value is -2.93. The van der Waals surface area contributed by atoms with Gasteiger partial charge in [0.1, 0.15) is 17.7 Å². The first-order valence-electron chi connectivity index (χ1n) is 14.6. The highest BCUT2D eigenvalue weighted by atomic mass is 35.5. The summed E-state index contributed by atoms with van der Waals surface area (Å²) in [6, 6.07) is 12.5. The van der Waals surface area contributed by atoms with Crippen LogP contribution in [0.1, 0.15) is 81.9 Å². The summed E-state index contributed by atoms with van der Waals surface area (Å²) in [7, 11) is 3.19. The molecule has 2 aromatic carbocycles. The number of halogens is 1. The van der Waals surface area contributed by atoms with Crippen molar-refractivity contribution in [1.29, 1.82) is 0 Å². The maximum atomic E-state index is 13.8. The summed E-state index contributed by atoms with van der Waals surface area (Å²) in [4.78, 5) is 28.6. The number of benzene rings is 2. The minimum Gasteiger partial charge on any atom is -0.494 e. The van der Waals surface area contributed by atoms with Gasteiger partial charge in [-0.3, -0.25) is 9.59 Å². The molecule has 1 N–H and O–H groups in total. The number of hydrogen-bond acceptors (Lipinski definition) is 5. The van der Waals surface area contributed by atoms with Gasteiger partial charge < -0.3 is 24.4 Å². The molecule has 0 spiro atoms. The first-order chi connectivity index (χ1) is 19.5. The van der Waals surface area contributed by atoms with Gasteiger partial charge in [-0.05, 0) is 61.1 Å². The predicted octanol–water partition coefficient (Wildman–Crippen LogP) is 6.46. The standard InChI is InChI=1S/C32H45ClN2O5/c1-4-5-6-10-21-40-27-16-14-25(15-17-27)31(32(37)34-26-11-8-7-9-12-26)35(30(36)23-33)20-19-24-13-18-28(38-2)29(22-24)39-3/h13-18,22,26,31H,4-12,19-21,23H2,1-3H3,(H,34,37). The fourth-order valence-corrected chi connectivity index (χ4v) is 5.38. The van der Waals surface area contributed by atoms with E-state index in [0.29, 0.717) is 31.1 Å². The Morgan fingerprint density at radius 3 is 2.35 bits per heavy atom. The molecule has 1 atom stereocenters. The number of hydrogen-bond donors (Lipinski definition) is 1. The van der Waals surface area contributed by atoms with Crippen LogP contribution in [0.4, 0.5) is 0 Å². The van der Waals surface area contributed by atoms with Crippen molar-refractivity contribution in [2.45, 2.75) is 83.2 Å². The van der Waals surface area contributed by atoms with Gasteiger partial charge in [-0.25, -0.2) is 0 Å². The van der Waals surface area contributed by atoms with Gasteiger partial charge in [-0.15, -0.1) is 11.6 Å². The van der Waals surface area contributed by atoms with E-state index in [4.69, 9.17) is 25.8 Å². The van der Waals surface area contributed by atoms with Crippen LogP contribution in [0, 0.1) is 0 Å². The summed E-state index contributed by atoms with van der Waals surface area (Å²) in [5.41, 5.74) is 1.70. The lowest BCUT2D eigenvalue weighted by atomic mass is 9.94. The number of unbranched alkanes of at least 4 members (excludes halogenated alkanes) is 3. The zero-order valence-electron chi connectivity index (χ0n) is 24.3. The van der Waals surface area contributed by atoms with E-state index in [1.54, 1.807) is 19.1 Å². The number of alkyl halides is 1. The fraction of sp³-hybridized carbons (Fsp3) is 0.562. The Labute approximate surface area is 244 Å². The summed E-state index contributed by atoms with van der Waals surface area (Å²) < 4.78 is 16.7. The van der Waals surface area contributed by atoms with Crippen molar-refractivity contribution >= 4 is 23.4 Å². The SMILES string of the molecule is CCCCCCOc1ccc(C(C(=O)NC2CCCCC2)N(CCc2ccc(OC)c(OC)c2)C(=O)CCl)cc1. The van der Waals surface area contributed by atoms with Gasteiger partial charge in [-0.2, -0.15) is 0 Å². The third-order valence-electron chi connectivity index (χ3n) is 7.50. The van der Waals surface area contributed by atoms with E-state index in [9.17, 15) is 9.59 Å². The van der Waals surface area contributed by atoms with Crippen molar-refractivity contribution in [1.82, 2.24) is 10.2 Å². The lowest BCUT2D eigenvalue weighted by Gasteiger charge is -2.33. The van der Waals surface area contributed by atoms with E-state index < -0.39 is 6.04 Å². The average Bonchev–Trinajstić information content (AvgIpc) is 2.99. The molecule has 1 saturated carbocycles. The third kappa shape index (κ3) is 9.33. The van der Waals surface area contributed by atoms with Crippen LogP contribution in [-0.4, -0.2) is 56.0 Å². The molecule has 7 nitrogen and oxygen atoms in total. The molecule has 0 radical (unpaired) electrons. The van der Waals surface area contributed by atoms with Gasteiger partial charge in [-0.1, -0.05) is 63.6 Å². The zero-order valence-corrected chi connectivity index (χ0v) is 25.0. The van der Waals surface area contributed by atoms with Crippen molar-refractivity contribution < 1.29 is 23.8 Å². The second-order valence-electron chi connectivity index (χ2n) is 10.4.